The van der Waals surface area contributed by atoms with Crippen LogP contribution in [0.2, 0.25) is 0 Å². The van der Waals surface area contributed by atoms with Gasteiger partial charge in [-0.3, -0.25) is 0 Å². The monoisotopic (exact) mass is 253 g/mol. The Morgan fingerprint density at radius 1 is 0.722 bits per heavy atom. The van der Waals surface area contributed by atoms with Crippen LogP contribution in [-0.4, -0.2) is 36.4 Å². The van der Waals surface area contributed by atoms with E-state index in [-0.39, 0.29) is 6.00 Å². The lowest BCUT2D eigenvalue weighted by molar-refractivity contribution is 0.254. The molecule has 0 aromatic heterocycles. The minimum Gasteiger partial charge on any atom is -0.400 e. The van der Waals surface area contributed by atoms with Gasteiger partial charge in [0.05, 0.1) is 0 Å². The molecule has 1 fully saturated rings. The van der Waals surface area contributed by atoms with Crippen LogP contribution in [0.4, 0.5) is 0 Å². The summed E-state index contributed by atoms with van der Waals surface area (Å²) in [4.78, 5) is 2.47. The van der Waals surface area contributed by atoms with E-state index in [2.05, 4.69) is 4.81 Å². The third-order valence-electron chi connectivity index (χ3n) is 3.97. The second-order valence-corrected chi connectivity index (χ2v) is 6.04. The Bertz CT molecular complexity index is 173. The summed E-state index contributed by atoms with van der Waals surface area (Å²) in [5.74, 6) is 0. The van der Waals surface area contributed by atoms with E-state index in [9.17, 15) is 5.11 Å². The van der Waals surface area contributed by atoms with Gasteiger partial charge in [-0.1, -0.05) is 57.8 Å². The number of nitrogens with zero attached hydrogens (tertiary/aromatic N) is 1. The van der Waals surface area contributed by atoms with Crippen molar-refractivity contribution in [2.45, 2.75) is 83.6 Å². The molecule has 3 heteroatoms. The number of rotatable bonds is 2. The molecule has 1 saturated heterocycles. The van der Waals surface area contributed by atoms with Crippen molar-refractivity contribution in [2.75, 3.05) is 13.1 Å². The van der Waals surface area contributed by atoms with Crippen LogP contribution in [0.5, 0.6) is 0 Å². The minimum absolute atomic E-state index is 0.177. The third-order valence-corrected chi connectivity index (χ3v) is 3.97. The minimum atomic E-state index is -0.177. The van der Waals surface area contributed by atoms with Gasteiger partial charge < -0.3 is 9.92 Å². The maximum Gasteiger partial charge on any atom is 0.236 e. The van der Waals surface area contributed by atoms with Gasteiger partial charge in [0, 0.05) is 6.00 Å². The van der Waals surface area contributed by atoms with Crippen LogP contribution in [0.25, 0.3) is 0 Å². The summed E-state index contributed by atoms with van der Waals surface area (Å²) in [6.07, 6.45) is 15.4. The molecule has 2 nitrogen and oxygen atoms in total. The van der Waals surface area contributed by atoms with Crippen LogP contribution in [0.15, 0.2) is 0 Å². The zero-order valence-electron chi connectivity index (χ0n) is 12.4. The average Bonchev–Trinajstić information content (AvgIpc) is 2.33. The van der Waals surface area contributed by atoms with E-state index in [1.807, 2.05) is 6.92 Å². The Kier molecular flexibility index (Phi) is 9.68. The molecule has 1 unspecified atom stereocenters. The predicted octanol–water partition coefficient (Wildman–Crippen LogP) is 3.28. The topological polar surface area (TPSA) is 23.5 Å². The van der Waals surface area contributed by atoms with Crippen molar-refractivity contribution in [3.63, 3.8) is 0 Å². The molecule has 1 heterocycles. The average molecular weight is 253 g/mol. The molecule has 0 radical (unpaired) electrons. The van der Waals surface area contributed by atoms with Crippen molar-refractivity contribution in [1.29, 1.82) is 0 Å². The highest BCUT2D eigenvalue weighted by atomic mass is 16.3. The second-order valence-electron chi connectivity index (χ2n) is 6.04. The highest BCUT2D eigenvalue weighted by Gasteiger charge is 2.10. The van der Waals surface area contributed by atoms with Crippen LogP contribution in [0.3, 0.4) is 0 Å². The van der Waals surface area contributed by atoms with E-state index in [0.29, 0.717) is 0 Å². The van der Waals surface area contributed by atoms with E-state index in [1.165, 1.54) is 83.7 Å². The molecule has 18 heavy (non-hydrogen) atoms. The lowest BCUT2D eigenvalue weighted by atomic mass is 9.83. The molecule has 0 aromatic carbocycles. The van der Waals surface area contributed by atoms with E-state index < -0.39 is 0 Å². The fraction of sp³-hybridized carbons (Fsp3) is 1.00. The summed E-state index contributed by atoms with van der Waals surface area (Å²) in [6.45, 7) is 4.28. The lowest BCUT2D eigenvalue weighted by Crippen LogP contribution is -2.36. The van der Waals surface area contributed by atoms with Gasteiger partial charge in [0.1, 0.15) is 0 Å². The van der Waals surface area contributed by atoms with Crippen molar-refractivity contribution < 1.29 is 5.11 Å². The van der Waals surface area contributed by atoms with Gasteiger partial charge in [-0.05, 0) is 32.9 Å². The fourth-order valence-electron chi connectivity index (χ4n) is 2.93. The van der Waals surface area contributed by atoms with Gasteiger partial charge in [-0.25, -0.2) is 0 Å². The van der Waals surface area contributed by atoms with Gasteiger partial charge in [-0.15, -0.1) is 0 Å². The normalized spacial score (nSPS) is 24.1. The molecule has 106 valence electrons. The largest absolute Gasteiger partial charge is 0.400 e. The summed E-state index contributed by atoms with van der Waals surface area (Å²) < 4.78 is 0. The predicted molar refractivity (Wildman–Crippen MR) is 81.2 cm³/mol. The Morgan fingerprint density at radius 3 is 1.39 bits per heavy atom. The Balaban J connectivity index is 2.24. The van der Waals surface area contributed by atoms with Gasteiger partial charge >= 0.3 is 0 Å². The van der Waals surface area contributed by atoms with E-state index >= 15 is 0 Å². The molecule has 0 amide bonds. The highest BCUT2D eigenvalue weighted by Crippen LogP contribution is 2.13. The quantitative estimate of drug-likeness (QED) is 0.763. The van der Waals surface area contributed by atoms with E-state index in [4.69, 9.17) is 0 Å². The first-order chi connectivity index (χ1) is 8.79. The van der Waals surface area contributed by atoms with Crippen LogP contribution in [0, 0.1) is 0 Å². The van der Waals surface area contributed by atoms with Crippen molar-refractivity contribution in [1.82, 2.24) is 4.81 Å². The van der Waals surface area contributed by atoms with Gasteiger partial charge in [0.25, 0.3) is 0 Å². The Morgan fingerprint density at radius 2 is 1.06 bits per heavy atom. The Hall–Kier alpha value is -0.0151. The number of hydrogen-bond acceptors (Lipinski definition) is 2. The van der Waals surface area contributed by atoms with E-state index in [0.717, 1.165) is 7.41 Å². The third kappa shape index (κ3) is 8.99. The van der Waals surface area contributed by atoms with Crippen molar-refractivity contribution in [3.05, 3.63) is 0 Å². The molecule has 0 saturated carbocycles. The molecule has 0 spiro atoms. The summed E-state index contributed by atoms with van der Waals surface area (Å²) >= 11 is 0. The number of aliphatic hydroxyl groups excluding tert-OH is 1. The molecular formula is C15H32BNO. The first kappa shape index (κ1) is 16.0. The first-order valence-electron chi connectivity index (χ1n) is 8.19. The van der Waals surface area contributed by atoms with Crippen LogP contribution < -0.4 is 0 Å². The molecule has 0 aromatic rings. The standard InChI is InChI=1S/C15H32BNO/c1-15(18)16-17-13-11-9-7-5-3-2-4-6-8-10-12-14-17/h15-16,18H,2-14H2,1H3. The summed E-state index contributed by atoms with van der Waals surface area (Å²) in [5, 5.41) is 9.53. The maximum absolute atomic E-state index is 9.53. The van der Waals surface area contributed by atoms with Crippen LogP contribution in [0.1, 0.15) is 77.6 Å². The number of hydrogen-bond donors (Lipinski definition) is 1. The highest BCUT2D eigenvalue weighted by molar-refractivity contribution is 6.33. The van der Waals surface area contributed by atoms with Crippen LogP contribution in [-0.2, 0) is 0 Å². The molecule has 1 N–H and O–H groups in total. The van der Waals surface area contributed by atoms with Crippen LogP contribution >= 0.6 is 0 Å². The second kappa shape index (κ2) is 10.9. The molecule has 1 aliphatic rings. The fourth-order valence-corrected chi connectivity index (χ4v) is 2.93. The van der Waals surface area contributed by atoms with Gasteiger partial charge in [0.2, 0.25) is 7.41 Å². The first-order valence-corrected chi connectivity index (χ1v) is 8.19. The van der Waals surface area contributed by atoms with Crippen molar-refractivity contribution in [2.24, 2.45) is 0 Å². The van der Waals surface area contributed by atoms with Crippen molar-refractivity contribution >= 4 is 7.41 Å². The Labute approximate surface area is 114 Å². The molecular weight excluding hydrogens is 221 g/mol. The SMILES string of the molecule is CC(O)BN1CCCCCCCCCCCCC1. The molecule has 1 aliphatic heterocycles. The summed E-state index contributed by atoms with van der Waals surface area (Å²) in [6, 6.07) is -0.177. The smallest absolute Gasteiger partial charge is 0.236 e. The zero-order chi connectivity index (χ0) is 13.1. The summed E-state index contributed by atoms with van der Waals surface area (Å²) in [5.41, 5.74) is 0. The molecule has 1 atom stereocenters. The van der Waals surface area contributed by atoms with Crippen molar-refractivity contribution in [3.8, 4) is 0 Å². The van der Waals surface area contributed by atoms with E-state index in [1.54, 1.807) is 0 Å². The summed E-state index contributed by atoms with van der Waals surface area (Å²) in [7, 11) is 0.861. The number of aliphatic hydroxyl groups is 1. The molecule has 1 rings (SSSR count). The lowest BCUT2D eigenvalue weighted by Gasteiger charge is -2.23. The van der Waals surface area contributed by atoms with Gasteiger partial charge in [0.15, 0.2) is 0 Å². The maximum atomic E-state index is 9.53. The molecule has 0 bridgehead atoms. The van der Waals surface area contributed by atoms with Gasteiger partial charge in [-0.2, -0.15) is 0 Å². The molecule has 0 aliphatic carbocycles. The zero-order valence-corrected chi connectivity index (χ0v) is 12.4.